The molecular formula is C15H19N3O. The van der Waals surface area contributed by atoms with Crippen LogP contribution in [0.2, 0.25) is 0 Å². The molecule has 1 aromatic rings. The van der Waals surface area contributed by atoms with Gasteiger partial charge < -0.3 is 11.1 Å². The number of hydrogen-bond acceptors (Lipinski definition) is 3. The first-order chi connectivity index (χ1) is 9.20. The van der Waals surface area contributed by atoms with Crippen LogP contribution in [0.1, 0.15) is 35.7 Å². The molecule has 0 spiro atoms. The van der Waals surface area contributed by atoms with Crippen molar-refractivity contribution in [1.82, 2.24) is 10.3 Å². The van der Waals surface area contributed by atoms with E-state index in [2.05, 4.69) is 29.1 Å². The molecule has 4 heteroatoms. The van der Waals surface area contributed by atoms with Crippen LogP contribution >= 0.6 is 0 Å². The van der Waals surface area contributed by atoms with Gasteiger partial charge in [-0.2, -0.15) is 0 Å². The molecule has 1 aliphatic rings. The normalized spacial score (nSPS) is 15.3. The van der Waals surface area contributed by atoms with E-state index >= 15 is 0 Å². The predicted octanol–water partition coefficient (Wildman–Crippen LogP) is 1.17. The number of aromatic nitrogens is 1. The second-order valence-corrected chi connectivity index (χ2v) is 4.99. The van der Waals surface area contributed by atoms with Gasteiger partial charge in [0.2, 0.25) is 0 Å². The van der Waals surface area contributed by atoms with E-state index in [9.17, 15) is 4.79 Å². The monoisotopic (exact) mass is 257 g/mol. The molecule has 2 rings (SSSR count). The minimum atomic E-state index is -0.0867. The molecule has 0 saturated heterocycles. The maximum atomic E-state index is 12.0. The van der Waals surface area contributed by atoms with E-state index in [-0.39, 0.29) is 5.91 Å². The van der Waals surface area contributed by atoms with Crippen LogP contribution in [0.3, 0.4) is 0 Å². The Morgan fingerprint density at radius 1 is 1.58 bits per heavy atom. The zero-order valence-corrected chi connectivity index (χ0v) is 11.1. The summed E-state index contributed by atoms with van der Waals surface area (Å²) in [6.07, 6.45) is 5.78. The Kier molecular flexibility index (Phi) is 4.53. The van der Waals surface area contributed by atoms with Gasteiger partial charge >= 0.3 is 0 Å². The molecule has 1 fully saturated rings. The zero-order valence-electron chi connectivity index (χ0n) is 11.1. The maximum Gasteiger partial charge on any atom is 0.252 e. The van der Waals surface area contributed by atoms with Crippen molar-refractivity contribution in [3.63, 3.8) is 0 Å². The van der Waals surface area contributed by atoms with Gasteiger partial charge in [-0.3, -0.25) is 9.78 Å². The minimum Gasteiger partial charge on any atom is -0.352 e. The lowest BCUT2D eigenvalue weighted by Crippen LogP contribution is -2.29. The third-order valence-electron chi connectivity index (χ3n) is 3.35. The number of nitrogens with two attached hydrogens (primary N) is 1. The second-order valence-electron chi connectivity index (χ2n) is 4.99. The number of amides is 1. The number of carbonyl (C=O) groups is 1. The van der Waals surface area contributed by atoms with E-state index in [0.29, 0.717) is 23.6 Å². The summed E-state index contributed by atoms with van der Waals surface area (Å²) in [4.78, 5) is 16.0. The van der Waals surface area contributed by atoms with E-state index in [1.165, 1.54) is 12.8 Å². The first kappa shape index (κ1) is 13.6. The Morgan fingerprint density at radius 2 is 2.37 bits per heavy atom. The Balaban J connectivity index is 1.94. The molecule has 1 saturated carbocycles. The summed E-state index contributed by atoms with van der Waals surface area (Å²) in [5, 5.41) is 2.95. The fourth-order valence-electron chi connectivity index (χ4n) is 1.97. The number of carbonyl (C=O) groups excluding carboxylic acids is 1. The van der Waals surface area contributed by atoms with Gasteiger partial charge in [-0.15, -0.1) is 0 Å². The molecule has 4 nitrogen and oxygen atoms in total. The van der Waals surface area contributed by atoms with E-state index in [0.717, 1.165) is 12.5 Å². The Labute approximate surface area is 113 Å². The second kappa shape index (κ2) is 6.35. The van der Waals surface area contributed by atoms with Gasteiger partial charge in [-0.25, -0.2) is 0 Å². The van der Waals surface area contributed by atoms with Gasteiger partial charge in [-0.1, -0.05) is 18.8 Å². The highest BCUT2D eigenvalue weighted by molar-refractivity contribution is 5.94. The number of pyridine rings is 1. The van der Waals surface area contributed by atoms with Crippen LogP contribution in [-0.2, 0) is 0 Å². The van der Waals surface area contributed by atoms with E-state index in [4.69, 9.17) is 5.73 Å². The van der Waals surface area contributed by atoms with Crippen LogP contribution in [-0.4, -0.2) is 24.0 Å². The van der Waals surface area contributed by atoms with Crippen molar-refractivity contribution in [2.45, 2.75) is 19.8 Å². The maximum absolute atomic E-state index is 12.0. The number of hydrogen-bond donors (Lipinski definition) is 2. The molecular weight excluding hydrogens is 238 g/mol. The molecule has 0 aromatic carbocycles. The lowest BCUT2D eigenvalue weighted by atomic mass is 10.1. The molecule has 0 aliphatic heterocycles. The minimum absolute atomic E-state index is 0.0867. The van der Waals surface area contributed by atoms with Crippen molar-refractivity contribution in [2.75, 3.05) is 13.1 Å². The van der Waals surface area contributed by atoms with Crippen LogP contribution in [0.15, 0.2) is 18.5 Å². The van der Waals surface area contributed by atoms with Gasteiger partial charge in [0.1, 0.15) is 0 Å². The Hall–Kier alpha value is -1.86. The highest BCUT2D eigenvalue weighted by Crippen LogP contribution is 2.36. The molecule has 0 radical (unpaired) electrons. The SMILES string of the molecule is CC(CNC(=O)c1cncc(C#CCN)c1)C1CC1. The first-order valence-electron chi connectivity index (χ1n) is 6.63. The molecule has 1 unspecified atom stereocenters. The highest BCUT2D eigenvalue weighted by atomic mass is 16.1. The molecule has 1 aromatic heterocycles. The van der Waals surface area contributed by atoms with Crippen LogP contribution in [0.5, 0.6) is 0 Å². The number of nitrogens with one attached hydrogen (secondary N) is 1. The van der Waals surface area contributed by atoms with Crippen molar-refractivity contribution < 1.29 is 4.79 Å². The number of rotatable bonds is 4. The average molecular weight is 257 g/mol. The van der Waals surface area contributed by atoms with Crippen molar-refractivity contribution >= 4 is 5.91 Å². The lowest BCUT2D eigenvalue weighted by Gasteiger charge is -2.11. The van der Waals surface area contributed by atoms with Gasteiger partial charge in [-0.05, 0) is 30.7 Å². The van der Waals surface area contributed by atoms with E-state index in [1.807, 2.05) is 0 Å². The largest absolute Gasteiger partial charge is 0.352 e. The summed E-state index contributed by atoms with van der Waals surface area (Å²) < 4.78 is 0. The summed E-state index contributed by atoms with van der Waals surface area (Å²) in [5.41, 5.74) is 6.58. The predicted molar refractivity (Wildman–Crippen MR) is 74.4 cm³/mol. The van der Waals surface area contributed by atoms with E-state index in [1.54, 1.807) is 18.5 Å². The van der Waals surface area contributed by atoms with Crippen molar-refractivity contribution in [3.05, 3.63) is 29.6 Å². The molecule has 0 bridgehead atoms. The summed E-state index contributed by atoms with van der Waals surface area (Å²) in [6, 6.07) is 1.74. The quantitative estimate of drug-likeness (QED) is 0.796. The summed E-state index contributed by atoms with van der Waals surface area (Å²) in [5.74, 6) is 6.88. The Morgan fingerprint density at radius 3 is 3.05 bits per heavy atom. The molecule has 1 aliphatic carbocycles. The van der Waals surface area contributed by atoms with Crippen LogP contribution in [0.4, 0.5) is 0 Å². The fourth-order valence-corrected chi connectivity index (χ4v) is 1.97. The Bertz CT molecular complexity index is 512. The lowest BCUT2D eigenvalue weighted by molar-refractivity contribution is 0.0946. The van der Waals surface area contributed by atoms with Crippen LogP contribution < -0.4 is 11.1 Å². The van der Waals surface area contributed by atoms with Crippen molar-refractivity contribution in [1.29, 1.82) is 0 Å². The van der Waals surface area contributed by atoms with Crippen LogP contribution in [0.25, 0.3) is 0 Å². The van der Waals surface area contributed by atoms with E-state index < -0.39 is 0 Å². The van der Waals surface area contributed by atoms with Crippen LogP contribution in [0, 0.1) is 23.7 Å². The fraction of sp³-hybridized carbons (Fsp3) is 0.467. The zero-order chi connectivity index (χ0) is 13.7. The highest BCUT2D eigenvalue weighted by Gasteiger charge is 2.27. The first-order valence-corrected chi connectivity index (χ1v) is 6.63. The summed E-state index contributed by atoms with van der Waals surface area (Å²) in [6.45, 7) is 3.21. The topological polar surface area (TPSA) is 68.0 Å². The average Bonchev–Trinajstić information content (AvgIpc) is 3.27. The molecule has 1 atom stereocenters. The van der Waals surface area contributed by atoms with Gasteiger partial charge in [0.25, 0.3) is 5.91 Å². The molecule has 1 heterocycles. The standard InChI is InChI=1S/C15H19N3O/c1-11(13-4-5-13)8-18-15(19)14-7-12(3-2-6-16)9-17-10-14/h7,9-11,13H,4-6,8,16H2,1H3,(H,18,19). The number of nitrogens with zero attached hydrogens (tertiary/aromatic N) is 1. The van der Waals surface area contributed by atoms with Gasteiger partial charge in [0, 0.05) is 24.5 Å². The summed E-state index contributed by atoms with van der Waals surface area (Å²) in [7, 11) is 0. The smallest absolute Gasteiger partial charge is 0.252 e. The molecule has 1 amide bonds. The molecule has 19 heavy (non-hydrogen) atoms. The van der Waals surface area contributed by atoms with Crippen molar-refractivity contribution in [2.24, 2.45) is 17.6 Å². The third-order valence-corrected chi connectivity index (χ3v) is 3.35. The van der Waals surface area contributed by atoms with Crippen molar-refractivity contribution in [3.8, 4) is 11.8 Å². The molecule has 100 valence electrons. The summed E-state index contributed by atoms with van der Waals surface area (Å²) >= 11 is 0. The van der Waals surface area contributed by atoms with Gasteiger partial charge in [0.05, 0.1) is 12.1 Å². The molecule has 3 N–H and O–H groups in total. The van der Waals surface area contributed by atoms with Gasteiger partial charge in [0.15, 0.2) is 0 Å². The third kappa shape index (κ3) is 4.08.